The van der Waals surface area contributed by atoms with Gasteiger partial charge in [-0.2, -0.15) is 0 Å². The van der Waals surface area contributed by atoms with Gasteiger partial charge in [0.1, 0.15) is 12.4 Å². The average molecular weight is 193 g/mol. The fourth-order valence-corrected chi connectivity index (χ4v) is 0.721. The lowest BCUT2D eigenvalue weighted by atomic mass is 10.4. The molecule has 0 saturated heterocycles. The Kier molecular flexibility index (Phi) is 3.54. The number of anilines is 1. The topological polar surface area (TPSA) is 90.5 Å². The van der Waals surface area contributed by atoms with E-state index in [1.165, 1.54) is 12.3 Å². The first-order valence-electron chi connectivity index (χ1n) is 3.95. The van der Waals surface area contributed by atoms with Crippen molar-refractivity contribution in [3.05, 3.63) is 18.1 Å². The largest absolute Gasteiger partial charge is 0.395 e. The van der Waals surface area contributed by atoms with E-state index in [4.69, 9.17) is 5.73 Å². The molecule has 0 fully saturated rings. The molecule has 0 saturated carbocycles. The lowest BCUT2D eigenvalue weighted by Crippen LogP contribution is -2.10. The number of rotatable bonds is 4. The zero-order valence-corrected chi connectivity index (χ0v) is 7.60. The number of carbonyl (C=O) groups excluding carboxylic acids is 1. The van der Waals surface area contributed by atoms with Crippen LogP contribution in [0.3, 0.4) is 0 Å². The van der Waals surface area contributed by atoms with Gasteiger partial charge in [0.2, 0.25) is 0 Å². The van der Waals surface area contributed by atoms with Crippen LogP contribution in [0.4, 0.5) is 5.82 Å². The van der Waals surface area contributed by atoms with Gasteiger partial charge in [0, 0.05) is 6.20 Å². The first-order valence-corrected chi connectivity index (χ1v) is 3.95. The van der Waals surface area contributed by atoms with E-state index in [9.17, 15) is 4.79 Å². The van der Waals surface area contributed by atoms with Crippen LogP contribution < -0.4 is 5.73 Å². The van der Waals surface area contributed by atoms with Gasteiger partial charge in [-0.05, 0) is 13.0 Å². The highest BCUT2D eigenvalue weighted by molar-refractivity contribution is 6.35. The Morgan fingerprint density at radius 3 is 3.14 bits per heavy atom. The molecule has 0 amide bonds. The molecule has 0 aromatic carbocycles. The van der Waals surface area contributed by atoms with Gasteiger partial charge in [0.25, 0.3) is 6.29 Å². The third-order valence-electron chi connectivity index (χ3n) is 1.27. The van der Waals surface area contributed by atoms with Gasteiger partial charge in [-0.25, -0.2) is 9.97 Å². The van der Waals surface area contributed by atoms with Crippen LogP contribution in [-0.2, 0) is 9.63 Å². The van der Waals surface area contributed by atoms with Crippen molar-refractivity contribution in [3.63, 3.8) is 0 Å². The fourth-order valence-electron chi connectivity index (χ4n) is 0.721. The molecule has 1 heterocycles. The van der Waals surface area contributed by atoms with Gasteiger partial charge in [-0.3, -0.25) is 4.79 Å². The van der Waals surface area contributed by atoms with Crippen molar-refractivity contribution >= 4 is 17.8 Å². The molecule has 1 aromatic heterocycles. The lowest BCUT2D eigenvalue weighted by Gasteiger charge is -1.97. The van der Waals surface area contributed by atoms with Gasteiger partial charge in [0.05, 0.1) is 0 Å². The van der Waals surface area contributed by atoms with E-state index in [2.05, 4.69) is 20.0 Å². The maximum atomic E-state index is 10.5. The van der Waals surface area contributed by atoms with Gasteiger partial charge < -0.3 is 10.6 Å². The summed E-state index contributed by atoms with van der Waals surface area (Å²) in [6.07, 6.45) is 3.00. The Hall–Kier alpha value is -1.98. The maximum Gasteiger partial charge on any atom is 0.261 e. The normalized spacial score (nSPS) is 11.1. The number of nitrogens with zero attached hydrogens (tertiary/aromatic N) is 3. The summed E-state index contributed by atoms with van der Waals surface area (Å²) in [6, 6.07) is 1.51. The van der Waals surface area contributed by atoms with Crippen molar-refractivity contribution in [2.45, 2.75) is 6.92 Å². The predicted molar refractivity (Wildman–Crippen MR) is 50.3 cm³/mol. The van der Waals surface area contributed by atoms with E-state index in [1.54, 1.807) is 13.2 Å². The number of nitrogens with two attached hydrogens (primary N) is 1. The van der Waals surface area contributed by atoms with Crippen molar-refractivity contribution < 1.29 is 9.63 Å². The lowest BCUT2D eigenvalue weighted by molar-refractivity contribution is 0.159. The molecule has 1 radical (unpaired) electrons. The van der Waals surface area contributed by atoms with Crippen LogP contribution in [0.15, 0.2) is 17.4 Å². The number of aromatic nitrogens is 2. The van der Waals surface area contributed by atoms with E-state index in [0.29, 0.717) is 6.61 Å². The van der Waals surface area contributed by atoms with E-state index >= 15 is 0 Å². The van der Waals surface area contributed by atoms with Gasteiger partial charge in [-0.1, -0.05) is 5.16 Å². The quantitative estimate of drug-likeness (QED) is 0.533. The molecule has 1 rings (SSSR count). The summed E-state index contributed by atoms with van der Waals surface area (Å²) in [5.74, 6) is 0.364. The highest BCUT2D eigenvalue weighted by Crippen LogP contribution is 1.97. The molecule has 14 heavy (non-hydrogen) atoms. The third kappa shape index (κ3) is 2.51. The molecule has 6 nitrogen and oxygen atoms in total. The van der Waals surface area contributed by atoms with Crippen LogP contribution in [0.25, 0.3) is 0 Å². The second kappa shape index (κ2) is 4.90. The van der Waals surface area contributed by atoms with Gasteiger partial charge in [-0.15, -0.1) is 0 Å². The monoisotopic (exact) mass is 193 g/mol. The zero-order chi connectivity index (χ0) is 10.4. The minimum absolute atomic E-state index is 0.0980. The number of hydrogen-bond donors (Lipinski definition) is 1. The molecule has 0 aliphatic rings. The molecule has 0 unspecified atom stereocenters. The summed E-state index contributed by atoms with van der Waals surface area (Å²) < 4.78 is 0. The highest BCUT2D eigenvalue weighted by atomic mass is 16.6. The molecule has 0 aliphatic heterocycles. The van der Waals surface area contributed by atoms with Crippen LogP contribution in [0, 0.1) is 0 Å². The van der Waals surface area contributed by atoms with E-state index in [0.717, 1.165) is 0 Å². The molecule has 6 heteroatoms. The van der Waals surface area contributed by atoms with Crippen molar-refractivity contribution in [2.75, 3.05) is 12.3 Å². The van der Waals surface area contributed by atoms with Crippen LogP contribution in [0.5, 0.6) is 0 Å². The van der Waals surface area contributed by atoms with Crippen LogP contribution >= 0.6 is 0 Å². The Labute approximate surface area is 80.8 Å². The molecule has 0 bridgehead atoms. The Balaban J connectivity index is 2.94. The second-order valence-electron chi connectivity index (χ2n) is 2.26. The highest BCUT2D eigenvalue weighted by Gasteiger charge is 2.07. The molecule has 1 aromatic rings. The first kappa shape index (κ1) is 10.1. The van der Waals surface area contributed by atoms with E-state index < -0.39 is 0 Å². The van der Waals surface area contributed by atoms with E-state index in [1.807, 2.05) is 0 Å². The third-order valence-corrected chi connectivity index (χ3v) is 1.27. The SMILES string of the molecule is CCO/N=C(\[C]=O)c1nccc(N)n1. The Morgan fingerprint density at radius 2 is 2.57 bits per heavy atom. The summed E-state index contributed by atoms with van der Waals surface area (Å²) in [7, 11) is 0. The second-order valence-corrected chi connectivity index (χ2v) is 2.26. The first-order chi connectivity index (χ1) is 6.77. The standard InChI is InChI=1S/C8H9N4O2/c1-2-14-12-6(5-13)8-10-4-3-7(9)11-8/h3-4H,2H2,1H3,(H2,9,10,11)/b12-6+. The smallest absolute Gasteiger partial charge is 0.261 e. The molecular weight excluding hydrogens is 184 g/mol. The number of oxime groups is 1. The van der Waals surface area contributed by atoms with Crippen LogP contribution in [-0.4, -0.2) is 28.6 Å². The molecular formula is C8H9N4O2. The molecule has 73 valence electrons. The van der Waals surface area contributed by atoms with Crippen LogP contribution in [0.1, 0.15) is 12.7 Å². The summed E-state index contributed by atoms with van der Waals surface area (Å²) >= 11 is 0. The molecule has 0 atom stereocenters. The molecule has 2 N–H and O–H groups in total. The molecule has 0 aliphatic carbocycles. The average Bonchev–Trinajstić information content (AvgIpc) is 2.19. The van der Waals surface area contributed by atoms with Gasteiger partial charge >= 0.3 is 0 Å². The fraction of sp³-hybridized carbons (Fsp3) is 0.250. The molecule has 0 spiro atoms. The van der Waals surface area contributed by atoms with Crippen LogP contribution in [0.2, 0.25) is 0 Å². The van der Waals surface area contributed by atoms with Crippen molar-refractivity contribution in [1.29, 1.82) is 0 Å². The van der Waals surface area contributed by atoms with Gasteiger partial charge in [0.15, 0.2) is 11.5 Å². The summed E-state index contributed by atoms with van der Waals surface area (Å²) in [5.41, 5.74) is 5.31. The Bertz CT molecular complexity index is 351. The Morgan fingerprint density at radius 1 is 1.79 bits per heavy atom. The number of hydrogen-bond acceptors (Lipinski definition) is 6. The minimum atomic E-state index is -0.0980. The van der Waals surface area contributed by atoms with Crippen molar-refractivity contribution in [3.8, 4) is 0 Å². The maximum absolute atomic E-state index is 10.5. The summed E-state index contributed by atoms with van der Waals surface area (Å²) in [4.78, 5) is 22.7. The predicted octanol–water partition coefficient (Wildman–Crippen LogP) is -0.0909. The summed E-state index contributed by atoms with van der Waals surface area (Å²) in [6.45, 7) is 2.10. The minimum Gasteiger partial charge on any atom is -0.395 e. The van der Waals surface area contributed by atoms with Crippen molar-refractivity contribution in [1.82, 2.24) is 9.97 Å². The van der Waals surface area contributed by atoms with E-state index in [-0.39, 0.29) is 17.4 Å². The number of nitrogen functional groups attached to an aromatic ring is 1. The summed E-state index contributed by atoms with van der Waals surface area (Å²) in [5, 5.41) is 3.48. The zero-order valence-electron chi connectivity index (χ0n) is 7.60. The van der Waals surface area contributed by atoms with Crippen molar-refractivity contribution in [2.24, 2.45) is 5.16 Å².